The second kappa shape index (κ2) is 7.77. The van der Waals surface area contributed by atoms with Gasteiger partial charge in [0.05, 0.1) is 5.56 Å². The highest BCUT2D eigenvalue weighted by Gasteiger charge is 2.19. The van der Waals surface area contributed by atoms with Gasteiger partial charge in [0, 0.05) is 1.43 Å². The van der Waals surface area contributed by atoms with Crippen LogP contribution in [0, 0.1) is 23.5 Å². The Balaban J connectivity index is 0.00000243. The van der Waals surface area contributed by atoms with Crippen LogP contribution < -0.4 is 4.74 Å². The molecule has 0 heterocycles. The van der Waals surface area contributed by atoms with Crippen molar-refractivity contribution in [1.29, 1.82) is 0 Å². The molecular formula is C21H24F2O2. The van der Waals surface area contributed by atoms with Crippen molar-refractivity contribution in [3.8, 4) is 5.75 Å². The van der Waals surface area contributed by atoms with Crippen LogP contribution in [-0.4, -0.2) is 5.97 Å². The maximum atomic E-state index is 14.3. The van der Waals surface area contributed by atoms with E-state index >= 15 is 0 Å². The minimum absolute atomic E-state index is 0. The van der Waals surface area contributed by atoms with Gasteiger partial charge < -0.3 is 4.74 Å². The van der Waals surface area contributed by atoms with Gasteiger partial charge in [-0.3, -0.25) is 0 Å². The highest BCUT2D eigenvalue weighted by molar-refractivity contribution is 5.91. The fourth-order valence-electron chi connectivity index (χ4n) is 3.37. The topological polar surface area (TPSA) is 26.3 Å². The third-order valence-corrected chi connectivity index (χ3v) is 4.94. The summed E-state index contributed by atoms with van der Waals surface area (Å²) in [7, 11) is 0. The Morgan fingerprint density at radius 2 is 1.76 bits per heavy atom. The first-order valence-corrected chi connectivity index (χ1v) is 8.77. The molecule has 0 radical (unpaired) electrons. The lowest BCUT2D eigenvalue weighted by Crippen LogP contribution is -2.14. The minimum Gasteiger partial charge on any atom is -0.420 e. The first-order chi connectivity index (χ1) is 12.0. The number of hydrogen-bond acceptors (Lipinski definition) is 2. The Kier molecular flexibility index (Phi) is 5.47. The highest BCUT2D eigenvalue weighted by Crippen LogP contribution is 2.31. The van der Waals surface area contributed by atoms with E-state index in [2.05, 4.69) is 6.92 Å². The lowest BCUT2D eigenvalue weighted by atomic mass is 9.80. The zero-order valence-corrected chi connectivity index (χ0v) is 14.3. The van der Waals surface area contributed by atoms with Crippen LogP contribution in [0.4, 0.5) is 8.78 Å². The largest absolute Gasteiger partial charge is 0.420 e. The molecule has 1 aliphatic carbocycles. The molecule has 2 aromatic carbocycles. The van der Waals surface area contributed by atoms with Crippen LogP contribution in [-0.2, 0) is 6.42 Å². The molecule has 134 valence electrons. The predicted molar refractivity (Wildman–Crippen MR) is 94.7 cm³/mol. The summed E-state index contributed by atoms with van der Waals surface area (Å²) >= 11 is 0. The van der Waals surface area contributed by atoms with Gasteiger partial charge in [-0.15, -0.1) is 0 Å². The highest BCUT2D eigenvalue weighted by atomic mass is 19.1. The number of hydrogen-bond donors (Lipinski definition) is 0. The molecule has 0 unspecified atom stereocenters. The molecule has 0 saturated heterocycles. The molecule has 0 aliphatic heterocycles. The van der Waals surface area contributed by atoms with E-state index in [0.29, 0.717) is 5.92 Å². The third-order valence-electron chi connectivity index (χ3n) is 4.94. The molecule has 2 nitrogen and oxygen atoms in total. The molecule has 3 rings (SSSR count). The Hall–Kier alpha value is -2.23. The van der Waals surface area contributed by atoms with Crippen molar-refractivity contribution in [1.82, 2.24) is 0 Å². The number of carbonyl (C=O) groups excluding carboxylic acids is 1. The van der Waals surface area contributed by atoms with Crippen LogP contribution in [0.25, 0.3) is 0 Å². The minimum atomic E-state index is -0.701. The van der Waals surface area contributed by atoms with Gasteiger partial charge in [-0.05, 0) is 73.1 Å². The fraction of sp³-hybridized carbons (Fsp3) is 0.381. The summed E-state index contributed by atoms with van der Waals surface area (Å²) in [6.07, 6.45) is 5.70. The molecule has 0 N–H and O–H groups in total. The second-order valence-electron chi connectivity index (χ2n) is 6.99. The zero-order valence-electron chi connectivity index (χ0n) is 14.3. The van der Waals surface area contributed by atoms with Gasteiger partial charge in [-0.1, -0.05) is 25.8 Å². The number of esters is 1. The summed E-state index contributed by atoms with van der Waals surface area (Å²) in [4.78, 5) is 12.0. The summed E-state index contributed by atoms with van der Waals surface area (Å²) in [6, 6.07) is 9.72. The van der Waals surface area contributed by atoms with Gasteiger partial charge >= 0.3 is 5.97 Å². The number of benzene rings is 2. The summed E-state index contributed by atoms with van der Waals surface area (Å²) in [6.45, 7) is 2.28. The first kappa shape index (κ1) is 17.6. The van der Waals surface area contributed by atoms with Crippen molar-refractivity contribution in [2.75, 3.05) is 0 Å². The molecule has 0 amide bonds. The number of ether oxygens (including phenoxy) is 1. The standard InChI is InChI=1S/C21H22F2O2.H2/c1-14-2-4-15(5-3-14)12-16-6-11-20(19(23)13-16)25-21(24)17-7-9-18(22)10-8-17;/h6-11,13-15H,2-5,12H2,1H3;1H. The Morgan fingerprint density at radius 3 is 2.40 bits per heavy atom. The number of rotatable bonds is 4. The molecule has 25 heavy (non-hydrogen) atoms. The van der Waals surface area contributed by atoms with E-state index in [0.717, 1.165) is 17.9 Å². The predicted octanol–water partition coefficient (Wildman–Crippen LogP) is 5.80. The van der Waals surface area contributed by atoms with E-state index in [4.69, 9.17) is 4.74 Å². The van der Waals surface area contributed by atoms with Gasteiger partial charge in [-0.25, -0.2) is 13.6 Å². The van der Waals surface area contributed by atoms with Crippen LogP contribution in [0.3, 0.4) is 0 Å². The molecule has 2 aromatic rings. The van der Waals surface area contributed by atoms with Crippen molar-refractivity contribution in [3.05, 3.63) is 65.2 Å². The molecule has 0 bridgehead atoms. The lowest BCUT2D eigenvalue weighted by Gasteiger charge is -2.26. The van der Waals surface area contributed by atoms with Crippen LogP contribution >= 0.6 is 0 Å². The van der Waals surface area contributed by atoms with Crippen LogP contribution in [0.1, 0.15) is 50.0 Å². The number of carbonyl (C=O) groups is 1. The van der Waals surface area contributed by atoms with Crippen LogP contribution in [0.5, 0.6) is 5.75 Å². The molecule has 0 atom stereocenters. The maximum Gasteiger partial charge on any atom is 0.343 e. The summed E-state index contributed by atoms with van der Waals surface area (Å²) in [5.41, 5.74) is 1.11. The maximum absolute atomic E-state index is 14.3. The van der Waals surface area contributed by atoms with Crippen molar-refractivity contribution in [2.45, 2.75) is 39.0 Å². The molecular weight excluding hydrogens is 322 g/mol. The average molecular weight is 346 g/mol. The Morgan fingerprint density at radius 1 is 1.08 bits per heavy atom. The quantitative estimate of drug-likeness (QED) is 0.517. The van der Waals surface area contributed by atoms with Gasteiger partial charge in [0.2, 0.25) is 0 Å². The van der Waals surface area contributed by atoms with Gasteiger partial charge in [0.1, 0.15) is 5.82 Å². The molecule has 1 fully saturated rings. The van der Waals surface area contributed by atoms with Gasteiger partial charge in [0.15, 0.2) is 11.6 Å². The van der Waals surface area contributed by atoms with Crippen molar-refractivity contribution in [3.63, 3.8) is 0 Å². The van der Waals surface area contributed by atoms with Crippen LogP contribution in [0.2, 0.25) is 0 Å². The van der Waals surface area contributed by atoms with Gasteiger partial charge in [-0.2, -0.15) is 0 Å². The van der Waals surface area contributed by atoms with Crippen molar-refractivity contribution >= 4 is 5.97 Å². The zero-order chi connectivity index (χ0) is 17.8. The molecule has 0 spiro atoms. The van der Waals surface area contributed by atoms with E-state index in [1.165, 1.54) is 62.1 Å². The number of halogens is 2. The summed E-state index contributed by atoms with van der Waals surface area (Å²) in [5.74, 6) is -0.394. The van der Waals surface area contributed by atoms with E-state index < -0.39 is 17.6 Å². The molecule has 1 aliphatic rings. The van der Waals surface area contributed by atoms with E-state index in [-0.39, 0.29) is 12.7 Å². The van der Waals surface area contributed by atoms with Crippen molar-refractivity contribution < 1.29 is 19.7 Å². The normalized spacial score (nSPS) is 20.3. The smallest absolute Gasteiger partial charge is 0.343 e. The third kappa shape index (κ3) is 4.65. The summed E-state index contributed by atoms with van der Waals surface area (Å²) < 4.78 is 32.3. The first-order valence-electron chi connectivity index (χ1n) is 8.77. The molecule has 0 aromatic heterocycles. The molecule has 1 saturated carbocycles. The Bertz CT molecular complexity index is 738. The second-order valence-corrected chi connectivity index (χ2v) is 6.99. The van der Waals surface area contributed by atoms with E-state index in [1.807, 2.05) is 6.07 Å². The summed E-state index contributed by atoms with van der Waals surface area (Å²) in [5, 5.41) is 0. The monoisotopic (exact) mass is 346 g/mol. The van der Waals surface area contributed by atoms with E-state index in [1.54, 1.807) is 0 Å². The average Bonchev–Trinajstić information content (AvgIpc) is 2.60. The molecule has 4 heteroatoms. The fourth-order valence-corrected chi connectivity index (χ4v) is 3.37. The van der Waals surface area contributed by atoms with Crippen molar-refractivity contribution in [2.24, 2.45) is 11.8 Å². The van der Waals surface area contributed by atoms with E-state index in [9.17, 15) is 13.6 Å². The van der Waals surface area contributed by atoms with Crippen LogP contribution in [0.15, 0.2) is 42.5 Å². The SMILES string of the molecule is CC1CCC(Cc2ccc(OC(=O)c3ccc(F)cc3)c(F)c2)CC1.[HH]. The Labute approximate surface area is 148 Å². The van der Waals surface area contributed by atoms with Gasteiger partial charge in [0.25, 0.3) is 0 Å². The lowest BCUT2D eigenvalue weighted by molar-refractivity contribution is 0.0727.